The smallest absolute Gasteiger partial charge is 0.229 e. The molecule has 1 aliphatic heterocycles. The lowest BCUT2D eigenvalue weighted by Gasteiger charge is -2.17. The second-order valence-electron chi connectivity index (χ2n) is 6.85. The van der Waals surface area contributed by atoms with Crippen LogP contribution in [0.4, 0.5) is 11.9 Å². The Balaban J connectivity index is 1.37. The summed E-state index contributed by atoms with van der Waals surface area (Å²) in [7, 11) is 1.63. The molecule has 0 bridgehead atoms. The highest BCUT2D eigenvalue weighted by Crippen LogP contribution is 2.27. The van der Waals surface area contributed by atoms with E-state index in [1.54, 1.807) is 31.8 Å². The summed E-state index contributed by atoms with van der Waals surface area (Å²) in [6.07, 6.45) is 6.30. The van der Waals surface area contributed by atoms with E-state index in [0.717, 1.165) is 30.0 Å². The van der Waals surface area contributed by atoms with Gasteiger partial charge >= 0.3 is 0 Å². The summed E-state index contributed by atoms with van der Waals surface area (Å²) >= 11 is 0. The number of ether oxygens (including phenoxy) is 1. The normalized spacial score (nSPS) is 15.9. The number of rotatable bonds is 6. The van der Waals surface area contributed by atoms with E-state index in [2.05, 4.69) is 25.3 Å². The van der Waals surface area contributed by atoms with Crippen LogP contribution in [-0.4, -0.2) is 50.9 Å². The van der Waals surface area contributed by atoms with Crippen LogP contribution in [0.3, 0.4) is 0 Å². The van der Waals surface area contributed by atoms with E-state index in [-0.39, 0.29) is 11.8 Å². The molecule has 1 atom stereocenters. The minimum absolute atomic E-state index is 0.128. The van der Waals surface area contributed by atoms with E-state index in [9.17, 15) is 4.79 Å². The van der Waals surface area contributed by atoms with Crippen LogP contribution in [0.5, 0.6) is 5.75 Å². The van der Waals surface area contributed by atoms with Gasteiger partial charge in [0.1, 0.15) is 5.75 Å². The molecule has 8 heteroatoms. The predicted molar refractivity (Wildman–Crippen MR) is 108 cm³/mol. The van der Waals surface area contributed by atoms with Crippen LogP contribution in [0.2, 0.25) is 0 Å². The molecule has 0 aliphatic carbocycles. The molecular formula is C21H22N6O2. The lowest BCUT2D eigenvalue weighted by atomic mass is 10.1. The van der Waals surface area contributed by atoms with Crippen molar-refractivity contribution in [3.63, 3.8) is 0 Å². The highest BCUT2D eigenvalue weighted by molar-refractivity contribution is 5.79. The van der Waals surface area contributed by atoms with Crippen LogP contribution in [-0.2, 0) is 11.2 Å². The van der Waals surface area contributed by atoms with E-state index >= 15 is 0 Å². The molecule has 1 amide bonds. The summed E-state index contributed by atoms with van der Waals surface area (Å²) < 4.78 is 5.16. The summed E-state index contributed by atoms with van der Waals surface area (Å²) in [6.45, 7) is 1.39. The first-order valence-corrected chi connectivity index (χ1v) is 9.49. The van der Waals surface area contributed by atoms with Gasteiger partial charge in [-0.3, -0.25) is 10.1 Å². The van der Waals surface area contributed by atoms with Gasteiger partial charge in [-0.1, -0.05) is 12.1 Å². The molecule has 1 aromatic carbocycles. The van der Waals surface area contributed by atoms with Crippen LogP contribution in [0.25, 0.3) is 0 Å². The summed E-state index contributed by atoms with van der Waals surface area (Å²) in [5.74, 6) is 2.01. The number of carbonyl (C=O) groups excluding carboxylic acids is 1. The van der Waals surface area contributed by atoms with Gasteiger partial charge in [-0.25, -0.2) is 19.9 Å². The quantitative estimate of drug-likeness (QED) is 0.691. The Bertz CT molecular complexity index is 964. The molecule has 29 heavy (non-hydrogen) atoms. The lowest BCUT2D eigenvalue weighted by Crippen LogP contribution is -2.30. The highest BCUT2D eigenvalue weighted by Gasteiger charge is 2.28. The largest absolute Gasteiger partial charge is 0.497 e. The summed E-state index contributed by atoms with van der Waals surface area (Å²) in [4.78, 5) is 31.7. The first-order valence-electron chi connectivity index (χ1n) is 9.49. The average Bonchev–Trinajstić information content (AvgIpc) is 3.26. The molecule has 2 aromatic heterocycles. The number of methoxy groups -OCH3 is 1. The highest BCUT2D eigenvalue weighted by atomic mass is 16.5. The molecule has 8 nitrogen and oxygen atoms in total. The minimum atomic E-state index is 0.128. The van der Waals surface area contributed by atoms with E-state index in [1.807, 2.05) is 35.2 Å². The monoisotopic (exact) mass is 390 g/mol. The SMILES string of the molecule is COc1ccc(CC(=O)N2CCC(c3ccnc(Nc4ncccn4)n3)C2)cc1. The Morgan fingerprint density at radius 1 is 1.10 bits per heavy atom. The third-order valence-corrected chi connectivity index (χ3v) is 4.94. The van der Waals surface area contributed by atoms with Gasteiger partial charge in [0.25, 0.3) is 0 Å². The zero-order valence-electron chi connectivity index (χ0n) is 16.2. The maximum Gasteiger partial charge on any atom is 0.229 e. The van der Waals surface area contributed by atoms with Crippen LogP contribution in [0.15, 0.2) is 55.0 Å². The van der Waals surface area contributed by atoms with E-state index in [1.165, 1.54) is 0 Å². The lowest BCUT2D eigenvalue weighted by molar-refractivity contribution is -0.129. The number of hydrogen-bond donors (Lipinski definition) is 1. The van der Waals surface area contributed by atoms with Crippen molar-refractivity contribution in [3.8, 4) is 5.75 Å². The number of amides is 1. The maximum absolute atomic E-state index is 12.7. The molecule has 1 aliphatic rings. The number of nitrogens with one attached hydrogen (secondary N) is 1. The van der Waals surface area contributed by atoms with Gasteiger partial charge in [-0.2, -0.15) is 0 Å². The second kappa shape index (κ2) is 8.64. The summed E-state index contributed by atoms with van der Waals surface area (Å²) in [6, 6.07) is 11.3. The molecule has 0 radical (unpaired) electrons. The van der Waals surface area contributed by atoms with Crippen molar-refractivity contribution < 1.29 is 9.53 Å². The van der Waals surface area contributed by atoms with Crippen LogP contribution in [0.1, 0.15) is 23.6 Å². The first kappa shape index (κ1) is 18.8. The molecule has 1 fully saturated rings. The topological polar surface area (TPSA) is 93.1 Å². The molecule has 1 N–H and O–H groups in total. The predicted octanol–water partition coefficient (Wildman–Crippen LogP) is 2.58. The first-order chi connectivity index (χ1) is 14.2. The fourth-order valence-electron chi connectivity index (χ4n) is 3.38. The van der Waals surface area contributed by atoms with Gasteiger partial charge in [0, 0.05) is 37.6 Å². The van der Waals surface area contributed by atoms with E-state index < -0.39 is 0 Å². The fraction of sp³-hybridized carbons (Fsp3) is 0.286. The molecule has 0 saturated carbocycles. The Labute approximate surface area is 169 Å². The van der Waals surface area contributed by atoms with Crippen LogP contribution >= 0.6 is 0 Å². The van der Waals surface area contributed by atoms with Crippen LogP contribution in [0, 0.1) is 0 Å². The second-order valence-corrected chi connectivity index (χ2v) is 6.85. The molecule has 3 heterocycles. The molecule has 0 spiro atoms. The fourth-order valence-corrected chi connectivity index (χ4v) is 3.38. The van der Waals surface area contributed by atoms with E-state index in [4.69, 9.17) is 4.74 Å². The van der Waals surface area contributed by atoms with E-state index in [0.29, 0.717) is 24.9 Å². The van der Waals surface area contributed by atoms with Crippen molar-refractivity contribution in [2.75, 3.05) is 25.5 Å². The molecule has 4 rings (SSSR count). The molecule has 1 saturated heterocycles. The van der Waals surface area contributed by atoms with Gasteiger partial charge in [0.2, 0.25) is 17.8 Å². The van der Waals surface area contributed by atoms with Gasteiger partial charge in [0.15, 0.2) is 0 Å². The molecular weight excluding hydrogens is 368 g/mol. The van der Waals surface area contributed by atoms with Gasteiger partial charge in [-0.05, 0) is 36.2 Å². The number of aromatic nitrogens is 4. The van der Waals surface area contributed by atoms with Crippen molar-refractivity contribution >= 4 is 17.8 Å². The number of nitrogens with zero attached hydrogens (tertiary/aromatic N) is 5. The van der Waals surface area contributed by atoms with Gasteiger partial charge in [0.05, 0.1) is 19.2 Å². The third kappa shape index (κ3) is 4.66. The third-order valence-electron chi connectivity index (χ3n) is 4.94. The standard InChI is InChI=1S/C21H22N6O2/c1-29-17-5-3-15(4-6-17)13-19(28)27-12-8-16(14-27)18-7-11-24-21(25-18)26-20-22-9-2-10-23-20/h2-7,9-11,16H,8,12-14H2,1H3,(H,22,23,24,25,26). The number of likely N-dealkylation sites (tertiary alicyclic amines) is 1. The Morgan fingerprint density at radius 3 is 2.62 bits per heavy atom. The number of anilines is 2. The zero-order chi connectivity index (χ0) is 20.1. The van der Waals surface area contributed by atoms with Crippen LogP contribution < -0.4 is 10.1 Å². The van der Waals surface area contributed by atoms with Gasteiger partial charge < -0.3 is 9.64 Å². The number of hydrogen-bond acceptors (Lipinski definition) is 7. The minimum Gasteiger partial charge on any atom is -0.497 e. The number of carbonyl (C=O) groups is 1. The number of benzene rings is 1. The molecule has 3 aromatic rings. The summed E-state index contributed by atoms with van der Waals surface area (Å²) in [5, 5.41) is 3.01. The van der Waals surface area contributed by atoms with Crippen molar-refractivity contribution in [2.24, 2.45) is 0 Å². The average molecular weight is 390 g/mol. The van der Waals surface area contributed by atoms with Crippen molar-refractivity contribution in [1.29, 1.82) is 0 Å². The summed E-state index contributed by atoms with van der Waals surface area (Å²) in [5.41, 5.74) is 1.90. The molecule has 148 valence electrons. The Hall–Kier alpha value is -3.55. The maximum atomic E-state index is 12.7. The van der Waals surface area contributed by atoms with Crippen molar-refractivity contribution in [2.45, 2.75) is 18.8 Å². The Morgan fingerprint density at radius 2 is 1.86 bits per heavy atom. The van der Waals surface area contributed by atoms with Crippen molar-refractivity contribution in [1.82, 2.24) is 24.8 Å². The van der Waals surface area contributed by atoms with Crippen molar-refractivity contribution in [3.05, 3.63) is 66.2 Å². The zero-order valence-corrected chi connectivity index (χ0v) is 16.2. The Kier molecular flexibility index (Phi) is 5.60. The van der Waals surface area contributed by atoms with Gasteiger partial charge in [-0.15, -0.1) is 0 Å². The molecule has 1 unspecified atom stereocenters.